The number of pyridine rings is 1. The minimum absolute atomic E-state index is 0.225. The molecular weight excluding hydrogens is 514 g/mol. The Bertz CT molecular complexity index is 1330. The number of nitrogens with zero attached hydrogens (tertiary/aromatic N) is 5. The minimum atomic E-state index is -3.06. The van der Waals surface area contributed by atoms with Crippen LogP contribution in [-0.2, 0) is 16.0 Å². The molecule has 200 valence electrons. The molecule has 11 heteroatoms. The van der Waals surface area contributed by atoms with Gasteiger partial charge < -0.3 is 15.0 Å². The molecule has 1 aromatic carbocycles. The zero-order valence-electron chi connectivity index (χ0n) is 20.9. The molecule has 1 fully saturated rings. The lowest BCUT2D eigenvalue weighted by molar-refractivity contribution is -0.112. The lowest BCUT2D eigenvalue weighted by Gasteiger charge is -2.26. The molecule has 1 N–H and O–H groups in total. The standard InChI is InChI=1S/C27H29ClF2N6O2/c28-20-4-3-19-6-10-36(23(19)15-20)26-21-16-24(31-17-22(21)32-18-33-26)34-25(37)5-8-27(29,30)7-1-2-9-35-11-13-38-14-12-35/h3-5,8,15-18H,1-2,6-7,9-14H2,(H,31,34,37). The first-order chi connectivity index (χ1) is 18.4. The highest BCUT2D eigenvalue weighted by Gasteiger charge is 2.26. The molecule has 8 nitrogen and oxygen atoms in total. The second kappa shape index (κ2) is 11.7. The van der Waals surface area contributed by atoms with Crippen LogP contribution in [0.5, 0.6) is 0 Å². The minimum Gasteiger partial charge on any atom is -0.379 e. The third-order valence-corrected chi connectivity index (χ3v) is 7.00. The number of aromatic nitrogens is 3. The van der Waals surface area contributed by atoms with Crippen LogP contribution in [0.25, 0.3) is 10.9 Å². The molecule has 38 heavy (non-hydrogen) atoms. The summed E-state index contributed by atoms with van der Waals surface area (Å²) in [4.78, 5) is 29.7. The number of amides is 1. The summed E-state index contributed by atoms with van der Waals surface area (Å²) in [5.74, 6) is -2.86. The number of carbonyl (C=O) groups excluding carboxylic acids is 1. The average Bonchev–Trinajstić information content (AvgIpc) is 3.33. The topological polar surface area (TPSA) is 83.5 Å². The Balaban J connectivity index is 1.22. The molecule has 1 amide bonds. The van der Waals surface area contributed by atoms with Crippen LogP contribution in [0.2, 0.25) is 5.02 Å². The molecule has 2 aromatic heterocycles. The first kappa shape index (κ1) is 26.4. The smallest absolute Gasteiger partial charge is 0.266 e. The molecule has 3 aromatic rings. The van der Waals surface area contributed by atoms with E-state index in [9.17, 15) is 13.6 Å². The van der Waals surface area contributed by atoms with Gasteiger partial charge in [0.1, 0.15) is 18.0 Å². The third-order valence-electron chi connectivity index (χ3n) is 6.77. The van der Waals surface area contributed by atoms with E-state index in [1.54, 1.807) is 6.07 Å². The van der Waals surface area contributed by atoms with E-state index >= 15 is 0 Å². The molecule has 4 heterocycles. The van der Waals surface area contributed by atoms with Crippen molar-refractivity contribution in [1.82, 2.24) is 19.9 Å². The number of benzene rings is 1. The van der Waals surface area contributed by atoms with Gasteiger partial charge in [-0.05, 0) is 55.6 Å². The fourth-order valence-electron chi connectivity index (χ4n) is 4.77. The summed E-state index contributed by atoms with van der Waals surface area (Å²) in [5.41, 5.74) is 2.73. The van der Waals surface area contributed by atoms with Crippen LogP contribution >= 0.6 is 11.6 Å². The van der Waals surface area contributed by atoms with Gasteiger partial charge in [-0.3, -0.25) is 9.69 Å². The van der Waals surface area contributed by atoms with Crippen LogP contribution in [0.15, 0.2) is 48.9 Å². The number of rotatable bonds is 9. The van der Waals surface area contributed by atoms with Gasteiger partial charge >= 0.3 is 0 Å². The number of fused-ring (bicyclic) bond motifs is 2. The number of anilines is 3. The van der Waals surface area contributed by atoms with E-state index < -0.39 is 11.8 Å². The van der Waals surface area contributed by atoms with Gasteiger partial charge in [-0.2, -0.15) is 0 Å². The molecule has 2 aliphatic heterocycles. The average molecular weight is 543 g/mol. The van der Waals surface area contributed by atoms with Crippen LogP contribution < -0.4 is 10.2 Å². The van der Waals surface area contributed by atoms with Crippen molar-refractivity contribution in [3.05, 3.63) is 59.5 Å². The summed E-state index contributed by atoms with van der Waals surface area (Å²) < 4.78 is 33.9. The lowest BCUT2D eigenvalue weighted by Crippen LogP contribution is -2.36. The molecule has 0 spiro atoms. The molecule has 5 rings (SSSR count). The van der Waals surface area contributed by atoms with Gasteiger partial charge in [0.2, 0.25) is 5.91 Å². The number of halogens is 3. The Morgan fingerprint density at radius 3 is 2.82 bits per heavy atom. The highest BCUT2D eigenvalue weighted by molar-refractivity contribution is 6.31. The fourth-order valence-corrected chi connectivity index (χ4v) is 4.94. The van der Waals surface area contributed by atoms with Gasteiger partial charge in [-0.1, -0.05) is 17.7 Å². The van der Waals surface area contributed by atoms with Gasteiger partial charge in [-0.15, -0.1) is 0 Å². The van der Waals surface area contributed by atoms with Crippen molar-refractivity contribution in [3.63, 3.8) is 0 Å². The number of unbranched alkanes of at least 4 members (excludes halogenated alkanes) is 1. The van der Waals surface area contributed by atoms with Crippen LogP contribution in [0.3, 0.4) is 0 Å². The number of hydrogen-bond acceptors (Lipinski definition) is 7. The van der Waals surface area contributed by atoms with Gasteiger partial charge in [0, 0.05) is 48.2 Å². The Labute approximate surface area is 224 Å². The van der Waals surface area contributed by atoms with E-state index in [0.29, 0.717) is 53.9 Å². The van der Waals surface area contributed by atoms with Crippen molar-refractivity contribution in [3.8, 4) is 0 Å². The molecule has 2 aliphatic rings. The fraction of sp³-hybridized carbons (Fsp3) is 0.407. The molecule has 0 saturated carbocycles. The summed E-state index contributed by atoms with van der Waals surface area (Å²) in [7, 11) is 0. The maximum atomic E-state index is 14.3. The molecule has 0 unspecified atom stereocenters. The number of allylic oxidation sites excluding steroid dienone is 1. The molecule has 1 saturated heterocycles. The van der Waals surface area contributed by atoms with Crippen molar-refractivity contribution < 1.29 is 18.3 Å². The predicted octanol–water partition coefficient (Wildman–Crippen LogP) is 5.00. The summed E-state index contributed by atoms with van der Waals surface area (Å²) >= 11 is 6.22. The molecular formula is C27H29ClF2N6O2. The largest absolute Gasteiger partial charge is 0.379 e. The van der Waals surface area contributed by atoms with E-state index in [1.165, 1.54) is 12.5 Å². The molecule has 0 aliphatic carbocycles. The van der Waals surface area contributed by atoms with Gasteiger partial charge in [0.15, 0.2) is 0 Å². The quantitative estimate of drug-likeness (QED) is 0.301. The number of hydrogen-bond donors (Lipinski definition) is 1. The normalized spacial score (nSPS) is 16.3. The van der Waals surface area contributed by atoms with E-state index in [0.717, 1.165) is 49.9 Å². The summed E-state index contributed by atoms with van der Waals surface area (Å²) in [6.07, 6.45) is 6.11. The van der Waals surface area contributed by atoms with Crippen molar-refractivity contribution >= 4 is 45.7 Å². The van der Waals surface area contributed by atoms with Crippen LogP contribution in [0.4, 0.5) is 26.1 Å². The highest BCUT2D eigenvalue weighted by atomic mass is 35.5. The summed E-state index contributed by atoms with van der Waals surface area (Å²) in [5, 5.41) is 3.89. The van der Waals surface area contributed by atoms with Crippen molar-refractivity contribution in [1.29, 1.82) is 0 Å². The molecule has 0 atom stereocenters. The maximum Gasteiger partial charge on any atom is 0.266 e. The first-order valence-electron chi connectivity index (χ1n) is 12.7. The number of alkyl halides is 2. The third kappa shape index (κ3) is 6.43. The predicted molar refractivity (Wildman–Crippen MR) is 143 cm³/mol. The van der Waals surface area contributed by atoms with Gasteiger partial charge in [-0.25, -0.2) is 23.7 Å². The Morgan fingerprint density at radius 1 is 1.13 bits per heavy atom. The SMILES string of the molecule is O=C(C=CC(F)(F)CCCCN1CCOCC1)Nc1cc2c(N3CCc4ccc(Cl)cc43)ncnc2cn1. The van der Waals surface area contributed by atoms with Crippen molar-refractivity contribution in [2.45, 2.75) is 31.6 Å². The maximum absolute atomic E-state index is 14.3. The second-order valence-corrected chi connectivity index (χ2v) is 9.89. The van der Waals surface area contributed by atoms with Crippen LogP contribution in [0.1, 0.15) is 24.8 Å². The van der Waals surface area contributed by atoms with Crippen LogP contribution in [0, 0.1) is 0 Å². The highest BCUT2D eigenvalue weighted by Crippen LogP contribution is 2.38. The second-order valence-electron chi connectivity index (χ2n) is 9.45. The summed E-state index contributed by atoms with van der Waals surface area (Å²) in [6.45, 7) is 4.55. The zero-order chi connectivity index (χ0) is 26.5. The van der Waals surface area contributed by atoms with E-state index in [1.807, 2.05) is 18.2 Å². The molecule has 0 radical (unpaired) electrons. The number of nitrogens with one attached hydrogen (secondary N) is 1. The van der Waals surface area contributed by atoms with E-state index in [-0.39, 0.29) is 12.2 Å². The Kier molecular flexibility index (Phi) is 8.11. The Morgan fingerprint density at radius 2 is 1.97 bits per heavy atom. The molecule has 0 bridgehead atoms. The first-order valence-corrected chi connectivity index (χ1v) is 13.1. The van der Waals surface area contributed by atoms with E-state index in [2.05, 4.69) is 30.1 Å². The van der Waals surface area contributed by atoms with Crippen LogP contribution in [-0.4, -0.2) is 71.1 Å². The van der Waals surface area contributed by atoms with Gasteiger partial charge in [0.25, 0.3) is 5.92 Å². The zero-order valence-corrected chi connectivity index (χ0v) is 21.6. The number of ether oxygens (including phenoxy) is 1. The Hall–Kier alpha value is -3.21. The number of morpholine rings is 1. The number of carbonyl (C=O) groups is 1. The van der Waals surface area contributed by atoms with E-state index in [4.69, 9.17) is 16.3 Å². The summed E-state index contributed by atoms with van der Waals surface area (Å²) in [6, 6.07) is 7.42. The monoisotopic (exact) mass is 542 g/mol. The lowest BCUT2D eigenvalue weighted by atomic mass is 10.1. The van der Waals surface area contributed by atoms with Crippen molar-refractivity contribution in [2.24, 2.45) is 0 Å². The van der Waals surface area contributed by atoms with Gasteiger partial charge in [0.05, 0.1) is 24.9 Å². The van der Waals surface area contributed by atoms with Crippen molar-refractivity contribution in [2.75, 3.05) is 49.6 Å².